The van der Waals surface area contributed by atoms with Gasteiger partial charge in [0.05, 0.1) is 0 Å². The molecule has 0 aliphatic heterocycles. The molecule has 3 rings (SSSR count). The SMILES string of the molecule is CC1c2ccccc2C(C)(c2ccccc2)C1(C)C. The molecule has 0 N–H and O–H groups in total. The second-order valence-corrected chi connectivity index (χ2v) is 6.52. The van der Waals surface area contributed by atoms with Crippen LogP contribution in [0.3, 0.4) is 0 Å². The maximum atomic E-state index is 2.41. The van der Waals surface area contributed by atoms with E-state index < -0.39 is 0 Å². The first-order chi connectivity index (χ1) is 8.99. The van der Waals surface area contributed by atoms with Crippen molar-refractivity contribution in [2.45, 2.75) is 39.0 Å². The Bertz CT molecular complexity index is 594. The van der Waals surface area contributed by atoms with Gasteiger partial charge in [-0.1, -0.05) is 82.3 Å². The molecule has 0 heteroatoms. The summed E-state index contributed by atoms with van der Waals surface area (Å²) in [4.78, 5) is 0. The fraction of sp³-hybridized carbons (Fsp3) is 0.368. The second kappa shape index (κ2) is 3.96. The average Bonchev–Trinajstić information content (AvgIpc) is 2.60. The van der Waals surface area contributed by atoms with Gasteiger partial charge in [0.15, 0.2) is 0 Å². The Morgan fingerprint density at radius 1 is 0.789 bits per heavy atom. The van der Waals surface area contributed by atoms with Gasteiger partial charge < -0.3 is 0 Å². The molecular formula is C19H22. The quantitative estimate of drug-likeness (QED) is 0.657. The number of rotatable bonds is 1. The summed E-state index contributed by atoms with van der Waals surface area (Å²) in [6.07, 6.45) is 0. The number of benzene rings is 2. The van der Waals surface area contributed by atoms with Gasteiger partial charge in [0.1, 0.15) is 0 Å². The summed E-state index contributed by atoms with van der Waals surface area (Å²) in [5.41, 5.74) is 4.75. The van der Waals surface area contributed by atoms with Gasteiger partial charge in [-0.05, 0) is 28.0 Å². The predicted octanol–water partition coefficient (Wildman–Crippen LogP) is 5.14. The van der Waals surface area contributed by atoms with Crippen LogP contribution in [0.15, 0.2) is 54.6 Å². The monoisotopic (exact) mass is 250 g/mol. The standard InChI is InChI=1S/C19H22/c1-14-16-12-8-9-13-17(16)19(4,18(14,2)3)15-10-6-5-7-11-15/h5-14H,1-4H3. The maximum Gasteiger partial charge on any atom is 0.0234 e. The zero-order chi connectivity index (χ0) is 13.7. The summed E-state index contributed by atoms with van der Waals surface area (Å²) in [7, 11) is 0. The highest BCUT2D eigenvalue weighted by molar-refractivity contribution is 5.52. The van der Waals surface area contributed by atoms with E-state index in [4.69, 9.17) is 0 Å². The average molecular weight is 250 g/mol. The molecule has 0 saturated heterocycles. The minimum atomic E-state index is 0.0876. The van der Waals surface area contributed by atoms with E-state index in [1.165, 1.54) is 16.7 Å². The van der Waals surface area contributed by atoms with Crippen molar-refractivity contribution in [1.29, 1.82) is 0 Å². The van der Waals surface area contributed by atoms with Crippen LogP contribution in [-0.2, 0) is 5.41 Å². The van der Waals surface area contributed by atoms with Gasteiger partial charge >= 0.3 is 0 Å². The summed E-state index contributed by atoms with van der Waals surface area (Å²) in [5.74, 6) is 0.578. The highest BCUT2D eigenvalue weighted by Gasteiger charge is 2.53. The van der Waals surface area contributed by atoms with Crippen LogP contribution in [0, 0.1) is 5.41 Å². The molecule has 0 aromatic heterocycles. The third-order valence-corrected chi connectivity index (χ3v) is 5.69. The van der Waals surface area contributed by atoms with Crippen LogP contribution >= 0.6 is 0 Å². The van der Waals surface area contributed by atoms with E-state index in [0.29, 0.717) is 5.92 Å². The normalized spacial score (nSPS) is 28.1. The molecule has 0 fully saturated rings. The molecule has 0 nitrogen and oxygen atoms in total. The van der Waals surface area contributed by atoms with Gasteiger partial charge in [-0.25, -0.2) is 0 Å². The van der Waals surface area contributed by atoms with Gasteiger partial charge in [-0.3, -0.25) is 0 Å². The minimum Gasteiger partial charge on any atom is -0.0622 e. The maximum absolute atomic E-state index is 2.41. The highest BCUT2D eigenvalue weighted by Crippen LogP contribution is 2.60. The van der Waals surface area contributed by atoms with E-state index in [1.807, 2.05) is 0 Å². The van der Waals surface area contributed by atoms with Crippen LogP contribution in [0.2, 0.25) is 0 Å². The largest absolute Gasteiger partial charge is 0.0622 e. The van der Waals surface area contributed by atoms with Crippen molar-refractivity contribution in [2.24, 2.45) is 5.41 Å². The van der Waals surface area contributed by atoms with Crippen LogP contribution in [0.4, 0.5) is 0 Å². The molecule has 2 unspecified atom stereocenters. The van der Waals surface area contributed by atoms with Gasteiger partial charge in [-0.2, -0.15) is 0 Å². The van der Waals surface area contributed by atoms with Crippen LogP contribution < -0.4 is 0 Å². The minimum absolute atomic E-state index is 0.0876. The Morgan fingerprint density at radius 2 is 1.37 bits per heavy atom. The van der Waals surface area contributed by atoms with Crippen molar-refractivity contribution in [2.75, 3.05) is 0 Å². The molecule has 2 atom stereocenters. The summed E-state index contributed by atoms with van der Waals surface area (Å²) < 4.78 is 0. The first kappa shape index (κ1) is 12.5. The van der Waals surface area contributed by atoms with Crippen molar-refractivity contribution >= 4 is 0 Å². The number of hydrogen-bond acceptors (Lipinski definition) is 0. The smallest absolute Gasteiger partial charge is 0.0234 e. The van der Waals surface area contributed by atoms with Crippen molar-refractivity contribution in [3.8, 4) is 0 Å². The summed E-state index contributed by atoms with van der Waals surface area (Å²) in [5, 5.41) is 0. The molecule has 98 valence electrons. The number of hydrogen-bond donors (Lipinski definition) is 0. The first-order valence-corrected chi connectivity index (χ1v) is 7.14. The summed E-state index contributed by atoms with van der Waals surface area (Å²) in [6, 6.07) is 19.9. The Balaban J connectivity index is 2.31. The van der Waals surface area contributed by atoms with E-state index in [1.54, 1.807) is 0 Å². The predicted molar refractivity (Wildman–Crippen MR) is 81.5 cm³/mol. The van der Waals surface area contributed by atoms with Gasteiger partial charge in [0.2, 0.25) is 0 Å². The lowest BCUT2D eigenvalue weighted by Gasteiger charge is -2.42. The molecule has 0 bridgehead atoms. The Morgan fingerprint density at radius 3 is 2.05 bits per heavy atom. The van der Waals surface area contributed by atoms with Crippen molar-refractivity contribution in [1.82, 2.24) is 0 Å². The molecule has 19 heavy (non-hydrogen) atoms. The van der Waals surface area contributed by atoms with Crippen molar-refractivity contribution in [3.05, 3.63) is 71.3 Å². The number of fused-ring (bicyclic) bond motifs is 1. The Labute approximate surface area is 116 Å². The van der Waals surface area contributed by atoms with E-state index >= 15 is 0 Å². The molecule has 2 aromatic carbocycles. The van der Waals surface area contributed by atoms with Gasteiger partial charge in [0.25, 0.3) is 0 Å². The molecule has 0 saturated carbocycles. The van der Waals surface area contributed by atoms with Crippen LogP contribution in [0.5, 0.6) is 0 Å². The van der Waals surface area contributed by atoms with Crippen LogP contribution in [0.25, 0.3) is 0 Å². The zero-order valence-electron chi connectivity index (χ0n) is 12.3. The molecule has 0 radical (unpaired) electrons. The molecule has 1 aliphatic rings. The Kier molecular flexibility index (Phi) is 2.60. The third kappa shape index (κ3) is 1.46. The topological polar surface area (TPSA) is 0 Å². The lowest BCUT2D eigenvalue weighted by atomic mass is 9.61. The zero-order valence-corrected chi connectivity index (χ0v) is 12.3. The van der Waals surface area contributed by atoms with Crippen LogP contribution in [-0.4, -0.2) is 0 Å². The van der Waals surface area contributed by atoms with Crippen molar-refractivity contribution in [3.63, 3.8) is 0 Å². The Hall–Kier alpha value is -1.56. The third-order valence-electron chi connectivity index (χ3n) is 5.69. The van der Waals surface area contributed by atoms with E-state index in [-0.39, 0.29) is 10.8 Å². The molecule has 0 amide bonds. The van der Waals surface area contributed by atoms with E-state index in [9.17, 15) is 0 Å². The van der Waals surface area contributed by atoms with E-state index in [0.717, 1.165) is 0 Å². The van der Waals surface area contributed by atoms with Gasteiger partial charge in [0, 0.05) is 5.41 Å². The molecule has 0 heterocycles. The lowest BCUT2D eigenvalue weighted by molar-refractivity contribution is 0.210. The molecule has 0 spiro atoms. The molecular weight excluding hydrogens is 228 g/mol. The fourth-order valence-corrected chi connectivity index (χ4v) is 3.80. The first-order valence-electron chi connectivity index (χ1n) is 7.14. The van der Waals surface area contributed by atoms with Gasteiger partial charge in [-0.15, -0.1) is 0 Å². The highest BCUT2D eigenvalue weighted by atomic mass is 14.6. The summed E-state index contributed by atoms with van der Waals surface area (Å²) >= 11 is 0. The lowest BCUT2D eigenvalue weighted by Crippen LogP contribution is -2.37. The fourth-order valence-electron chi connectivity index (χ4n) is 3.80. The van der Waals surface area contributed by atoms with E-state index in [2.05, 4.69) is 82.3 Å². The summed E-state index contributed by atoms with van der Waals surface area (Å²) in [6.45, 7) is 9.59. The van der Waals surface area contributed by atoms with Crippen molar-refractivity contribution < 1.29 is 0 Å². The second-order valence-electron chi connectivity index (χ2n) is 6.52. The molecule has 2 aromatic rings. The molecule has 1 aliphatic carbocycles. The van der Waals surface area contributed by atoms with Crippen LogP contribution in [0.1, 0.15) is 50.3 Å².